The molecule has 0 saturated carbocycles. The average molecular weight is 288 g/mol. The molecule has 2 aliphatic heterocycles. The summed E-state index contributed by atoms with van der Waals surface area (Å²) in [5.41, 5.74) is 0. The van der Waals surface area contributed by atoms with E-state index in [0.717, 1.165) is 30.4 Å². The Morgan fingerprint density at radius 2 is 2.26 bits per heavy atom. The molecule has 2 heterocycles. The van der Waals surface area contributed by atoms with Crippen molar-refractivity contribution in [3.8, 4) is 0 Å². The first-order chi connectivity index (χ1) is 8.87. The lowest BCUT2D eigenvalue weighted by Gasteiger charge is -2.35. The van der Waals surface area contributed by atoms with Crippen LogP contribution in [0.3, 0.4) is 0 Å². The number of guanidine groups is 1. The summed E-state index contributed by atoms with van der Waals surface area (Å²) in [4.78, 5) is 6.08. The van der Waals surface area contributed by atoms with Gasteiger partial charge >= 0.3 is 10.4 Å². The molecule has 0 aromatic carbocycles. The molecule has 0 fully saturated rings. The van der Waals surface area contributed by atoms with Crippen molar-refractivity contribution in [2.75, 3.05) is 13.1 Å². The van der Waals surface area contributed by atoms with Gasteiger partial charge in [-0.1, -0.05) is 12.2 Å². The number of amidine groups is 1. The molecule has 0 spiro atoms. The van der Waals surface area contributed by atoms with E-state index in [4.69, 9.17) is 9.96 Å². The van der Waals surface area contributed by atoms with E-state index in [0.29, 0.717) is 6.42 Å². The number of nitrogens with zero attached hydrogens (tertiary/aromatic N) is 3. The zero-order valence-corrected chi connectivity index (χ0v) is 11.3. The van der Waals surface area contributed by atoms with Crippen LogP contribution in [0.5, 0.6) is 0 Å². The van der Waals surface area contributed by atoms with E-state index in [1.807, 2.05) is 11.0 Å². The number of rotatable bonds is 2. The summed E-state index contributed by atoms with van der Waals surface area (Å²) < 4.78 is 34.4. The highest BCUT2D eigenvalue weighted by atomic mass is 32.3. The monoisotopic (exact) mass is 288 g/mol. The molecule has 0 amide bonds. The van der Waals surface area contributed by atoms with Crippen LogP contribution in [0.1, 0.15) is 19.8 Å². The first-order valence-corrected chi connectivity index (χ1v) is 7.25. The molecule has 2 aliphatic rings. The van der Waals surface area contributed by atoms with Crippen LogP contribution in [0.25, 0.3) is 0 Å². The minimum atomic E-state index is -4.64. The van der Waals surface area contributed by atoms with Crippen molar-refractivity contribution in [2.45, 2.75) is 25.8 Å². The highest BCUT2D eigenvalue weighted by Gasteiger charge is 2.31. The van der Waals surface area contributed by atoms with Crippen molar-refractivity contribution in [3.63, 3.8) is 0 Å². The molecule has 8 nitrogen and oxygen atoms in total. The normalized spacial score (nSPS) is 24.6. The molecule has 0 aromatic heterocycles. The van der Waals surface area contributed by atoms with Crippen LogP contribution >= 0.6 is 0 Å². The van der Waals surface area contributed by atoms with Crippen molar-refractivity contribution in [1.29, 1.82) is 5.41 Å². The topological polar surface area (TPSA) is 106 Å². The Morgan fingerprint density at radius 3 is 2.79 bits per heavy atom. The maximum Gasteiger partial charge on any atom is 0.418 e. The van der Waals surface area contributed by atoms with Gasteiger partial charge in [0.05, 0.1) is 6.04 Å². The highest BCUT2D eigenvalue weighted by molar-refractivity contribution is 7.80. The summed E-state index contributed by atoms with van der Waals surface area (Å²) in [5, 5.41) is 8.49. The van der Waals surface area contributed by atoms with Crippen LogP contribution in [-0.4, -0.2) is 53.9 Å². The molecule has 0 bridgehead atoms. The van der Waals surface area contributed by atoms with Gasteiger partial charge in [0.2, 0.25) is 5.96 Å². The molecule has 19 heavy (non-hydrogen) atoms. The SMILES string of the molecule is CC1CC(N2CC=CCC2)=NC(=N)N1OS(=O)(=O)O. The van der Waals surface area contributed by atoms with Crippen LogP contribution < -0.4 is 0 Å². The van der Waals surface area contributed by atoms with Gasteiger partial charge in [0.15, 0.2) is 0 Å². The van der Waals surface area contributed by atoms with E-state index in [2.05, 4.69) is 15.4 Å². The molecule has 0 aromatic rings. The minimum Gasteiger partial charge on any atom is -0.356 e. The third-order valence-corrected chi connectivity index (χ3v) is 3.27. The van der Waals surface area contributed by atoms with Gasteiger partial charge in [0.25, 0.3) is 0 Å². The summed E-state index contributed by atoms with van der Waals surface area (Å²) in [6.07, 6.45) is 5.49. The fraction of sp³-hybridized carbons (Fsp3) is 0.600. The molecule has 2 rings (SSSR count). The molecule has 0 aliphatic carbocycles. The van der Waals surface area contributed by atoms with Gasteiger partial charge in [0.1, 0.15) is 5.84 Å². The van der Waals surface area contributed by atoms with Gasteiger partial charge in [0, 0.05) is 19.5 Å². The van der Waals surface area contributed by atoms with Crippen LogP contribution in [0.2, 0.25) is 0 Å². The lowest BCUT2D eigenvalue weighted by atomic mass is 10.1. The standard InChI is InChI=1S/C10H16N4O4S/c1-8-7-9(13-5-3-2-4-6-13)12-10(11)14(8)18-19(15,16)17/h2-3,8,11H,4-7H2,1H3,(H,15,16,17). The summed E-state index contributed by atoms with van der Waals surface area (Å²) >= 11 is 0. The average Bonchev–Trinajstić information content (AvgIpc) is 2.33. The van der Waals surface area contributed by atoms with Gasteiger partial charge in [-0.3, -0.25) is 9.96 Å². The Balaban J connectivity index is 2.13. The van der Waals surface area contributed by atoms with Crippen molar-refractivity contribution in [2.24, 2.45) is 4.99 Å². The van der Waals surface area contributed by atoms with E-state index in [1.165, 1.54) is 0 Å². The fourth-order valence-corrected chi connectivity index (χ4v) is 2.48. The van der Waals surface area contributed by atoms with E-state index >= 15 is 0 Å². The number of aliphatic imine (C=N–C) groups is 1. The number of hydrogen-bond acceptors (Lipinski definition) is 5. The number of hydrogen-bond donors (Lipinski definition) is 2. The van der Waals surface area contributed by atoms with Crippen molar-refractivity contribution in [3.05, 3.63) is 12.2 Å². The lowest BCUT2D eigenvalue weighted by molar-refractivity contribution is -0.0230. The van der Waals surface area contributed by atoms with Crippen LogP contribution in [-0.2, 0) is 14.7 Å². The molecule has 9 heteroatoms. The quantitative estimate of drug-likeness (QED) is 0.563. The molecular formula is C10H16N4O4S. The van der Waals surface area contributed by atoms with Gasteiger partial charge < -0.3 is 4.90 Å². The Morgan fingerprint density at radius 1 is 1.53 bits per heavy atom. The van der Waals surface area contributed by atoms with Gasteiger partial charge in [-0.2, -0.15) is 18.5 Å². The Kier molecular flexibility index (Phi) is 3.88. The van der Waals surface area contributed by atoms with E-state index in [-0.39, 0.29) is 5.96 Å². The lowest BCUT2D eigenvalue weighted by Crippen LogP contribution is -2.48. The van der Waals surface area contributed by atoms with Gasteiger partial charge in [-0.25, -0.2) is 0 Å². The van der Waals surface area contributed by atoms with Crippen molar-refractivity contribution in [1.82, 2.24) is 9.96 Å². The molecular weight excluding hydrogens is 272 g/mol. The largest absolute Gasteiger partial charge is 0.418 e. The Hall–Kier alpha value is -1.45. The Bertz CT molecular complexity index is 528. The van der Waals surface area contributed by atoms with E-state index in [9.17, 15) is 8.42 Å². The third kappa shape index (κ3) is 3.52. The van der Waals surface area contributed by atoms with Crippen molar-refractivity contribution >= 4 is 22.2 Å². The van der Waals surface area contributed by atoms with E-state index in [1.54, 1.807) is 6.92 Å². The van der Waals surface area contributed by atoms with Gasteiger partial charge in [-0.05, 0) is 13.3 Å². The summed E-state index contributed by atoms with van der Waals surface area (Å²) in [5.74, 6) is 0.401. The summed E-state index contributed by atoms with van der Waals surface area (Å²) in [6, 6.07) is -0.396. The predicted molar refractivity (Wildman–Crippen MR) is 69.0 cm³/mol. The molecule has 0 radical (unpaired) electrons. The van der Waals surface area contributed by atoms with Gasteiger partial charge in [-0.15, -0.1) is 4.28 Å². The second kappa shape index (κ2) is 5.27. The van der Waals surface area contributed by atoms with E-state index < -0.39 is 16.4 Å². The second-order valence-corrected chi connectivity index (χ2v) is 5.44. The molecule has 1 atom stereocenters. The van der Waals surface area contributed by atoms with Crippen LogP contribution in [0.15, 0.2) is 17.1 Å². The van der Waals surface area contributed by atoms with Crippen LogP contribution in [0, 0.1) is 5.41 Å². The number of hydroxylamine groups is 2. The molecule has 1 unspecified atom stereocenters. The number of nitrogens with one attached hydrogen (secondary N) is 1. The maximum absolute atomic E-state index is 10.7. The zero-order valence-electron chi connectivity index (χ0n) is 10.5. The summed E-state index contributed by atoms with van der Waals surface area (Å²) in [6.45, 7) is 3.26. The third-order valence-electron chi connectivity index (χ3n) is 2.92. The highest BCUT2D eigenvalue weighted by Crippen LogP contribution is 2.18. The molecule has 2 N–H and O–H groups in total. The molecule has 0 saturated heterocycles. The fourth-order valence-electron chi connectivity index (χ4n) is 2.06. The van der Waals surface area contributed by atoms with Crippen LogP contribution in [0.4, 0.5) is 0 Å². The zero-order chi connectivity index (χ0) is 14.0. The van der Waals surface area contributed by atoms with Crippen molar-refractivity contribution < 1.29 is 17.3 Å². The minimum absolute atomic E-state index is 0.332. The summed E-state index contributed by atoms with van der Waals surface area (Å²) in [7, 11) is -4.64. The first-order valence-electron chi connectivity index (χ1n) is 5.89. The maximum atomic E-state index is 10.7. The first kappa shape index (κ1) is 14.0. The smallest absolute Gasteiger partial charge is 0.356 e. The molecule has 106 valence electrons. The Labute approximate surface area is 111 Å². The predicted octanol–water partition coefficient (Wildman–Crippen LogP) is 0.410. The second-order valence-electron chi connectivity index (χ2n) is 4.44.